The van der Waals surface area contributed by atoms with Gasteiger partial charge >= 0.3 is 95.4 Å². The van der Waals surface area contributed by atoms with E-state index in [0.29, 0.717) is 0 Å². The standard InChI is InChI=1S/C31H10F36N2O2/c32-13(18(38,39)20(42,43)22(46,47)24(50,51)26(54,55)28(58,59)30(62,63)64)15(34)70-11-3-1-7(5-9(11)68)17(36,37)8-2-4-12(10(69)6-8)71-16(35)14(33)19(40,41)21(44,45)23(48,49)25(52,53)27(56,57)29(60,61)31(65,66)67/h1-6H,68-69H2. The molecule has 4 nitrogen and oxygen atoms in total. The number of ether oxygens (including phenoxy) is 2. The highest BCUT2D eigenvalue weighted by Gasteiger charge is 2.95. The second kappa shape index (κ2) is 17.4. The maximum atomic E-state index is 15.3. The van der Waals surface area contributed by atoms with E-state index >= 15 is 8.78 Å². The highest BCUT2D eigenvalue weighted by Crippen LogP contribution is 2.65. The number of anilines is 2. The van der Waals surface area contributed by atoms with Gasteiger partial charge < -0.3 is 20.9 Å². The van der Waals surface area contributed by atoms with Gasteiger partial charge in [-0.2, -0.15) is 158 Å². The summed E-state index contributed by atoms with van der Waals surface area (Å²) in [6.07, 6.45) is -16.1. The van der Waals surface area contributed by atoms with Gasteiger partial charge in [0.05, 0.1) is 11.4 Å². The van der Waals surface area contributed by atoms with Crippen LogP contribution in [0.4, 0.5) is 169 Å². The molecule has 0 heterocycles. The van der Waals surface area contributed by atoms with Crippen LogP contribution in [0.2, 0.25) is 0 Å². The lowest BCUT2D eigenvalue weighted by molar-refractivity contribution is -0.451. The summed E-state index contributed by atoms with van der Waals surface area (Å²) in [5.41, 5.74) is 3.23. The molecule has 0 unspecified atom stereocenters. The van der Waals surface area contributed by atoms with E-state index in [1.54, 1.807) is 0 Å². The molecule has 408 valence electrons. The fraction of sp³-hybridized carbons (Fsp3) is 0.484. The van der Waals surface area contributed by atoms with Crippen LogP contribution in [0.5, 0.6) is 11.5 Å². The van der Waals surface area contributed by atoms with Crippen molar-refractivity contribution in [2.45, 2.75) is 89.3 Å². The van der Waals surface area contributed by atoms with Gasteiger partial charge in [0.1, 0.15) is 0 Å². The fourth-order valence-electron chi connectivity index (χ4n) is 4.58. The Hall–Kier alpha value is -5.40. The second-order valence-electron chi connectivity index (χ2n) is 13.3. The van der Waals surface area contributed by atoms with Crippen LogP contribution in [0.15, 0.2) is 60.1 Å². The first kappa shape index (κ1) is 61.7. The van der Waals surface area contributed by atoms with Crippen molar-refractivity contribution in [3.05, 3.63) is 71.2 Å². The molecule has 0 fully saturated rings. The summed E-state index contributed by atoms with van der Waals surface area (Å²) >= 11 is 0. The van der Waals surface area contributed by atoms with E-state index in [0.717, 1.165) is 0 Å². The average Bonchev–Trinajstić information content (AvgIpc) is 3.19. The van der Waals surface area contributed by atoms with Gasteiger partial charge in [0, 0.05) is 11.1 Å². The molecular weight excluding hydrogens is 1120 g/mol. The molecule has 71 heavy (non-hydrogen) atoms. The van der Waals surface area contributed by atoms with Crippen molar-refractivity contribution in [1.29, 1.82) is 0 Å². The molecule has 0 atom stereocenters. The maximum Gasteiger partial charge on any atom is 0.460 e. The van der Waals surface area contributed by atoms with Crippen molar-refractivity contribution in [2.75, 3.05) is 11.5 Å². The molecule has 0 aromatic heterocycles. The third kappa shape index (κ3) is 8.91. The maximum absolute atomic E-state index is 15.3. The van der Waals surface area contributed by atoms with E-state index in [4.69, 9.17) is 11.5 Å². The summed E-state index contributed by atoms with van der Waals surface area (Å²) < 4.78 is 495. The number of nitrogen functional groups attached to an aromatic ring is 2. The van der Waals surface area contributed by atoms with Gasteiger partial charge in [0.25, 0.3) is 5.92 Å². The predicted octanol–water partition coefficient (Wildman–Crippen LogP) is 14.7. The monoisotopic (exact) mass is 1130 g/mol. The molecule has 0 amide bonds. The van der Waals surface area contributed by atoms with Gasteiger partial charge in [0.15, 0.2) is 11.5 Å². The van der Waals surface area contributed by atoms with Gasteiger partial charge in [-0.25, -0.2) is 0 Å². The SMILES string of the molecule is Nc1cc(C(F)(F)c2ccc(OC(F)=C(F)C(F)(F)C(F)(F)C(F)(F)C(F)(F)C(F)(F)C(F)(F)C(F)(F)F)c(N)c2)ccc1OC(F)=C(F)C(F)(F)C(F)(F)C(F)(F)C(F)(F)C(F)(F)C(F)(F)C(F)(F)F. The molecule has 0 bridgehead atoms. The first-order valence-electron chi connectivity index (χ1n) is 16.2. The molecule has 0 saturated heterocycles. The number of allylic oxidation sites excluding steroid dienone is 2. The van der Waals surface area contributed by atoms with Crippen molar-refractivity contribution in [1.82, 2.24) is 0 Å². The van der Waals surface area contributed by atoms with E-state index < -0.39 is 147 Å². The minimum atomic E-state index is -8.96. The largest absolute Gasteiger partial charge is 0.460 e. The molecule has 0 aliphatic heterocycles. The Morgan fingerprint density at radius 3 is 0.732 bits per heavy atom. The molecule has 40 heteroatoms. The van der Waals surface area contributed by atoms with Gasteiger partial charge in [-0.3, -0.25) is 0 Å². The number of nitrogens with two attached hydrogens (primary N) is 2. The number of alkyl halides is 32. The molecular formula is C31H10F36N2O2. The van der Waals surface area contributed by atoms with Crippen molar-refractivity contribution in [3.63, 3.8) is 0 Å². The number of hydrogen-bond acceptors (Lipinski definition) is 4. The highest BCUT2D eigenvalue weighted by atomic mass is 19.4. The Bertz CT molecular complexity index is 2210. The Balaban J connectivity index is 2.53. The normalized spacial score (nSPS) is 16.2. The van der Waals surface area contributed by atoms with E-state index in [2.05, 4.69) is 9.47 Å². The molecule has 0 spiro atoms. The smallest absolute Gasteiger partial charge is 0.427 e. The first-order valence-corrected chi connectivity index (χ1v) is 16.2. The molecule has 4 N–H and O–H groups in total. The lowest BCUT2D eigenvalue weighted by atomic mass is 9.91. The molecule has 0 saturated carbocycles. The van der Waals surface area contributed by atoms with E-state index in [1.165, 1.54) is 0 Å². The highest BCUT2D eigenvalue weighted by molar-refractivity contribution is 5.59. The summed E-state index contributed by atoms with van der Waals surface area (Å²) in [6.45, 7) is 0. The van der Waals surface area contributed by atoms with Gasteiger partial charge in [0.2, 0.25) is 11.7 Å². The zero-order valence-electron chi connectivity index (χ0n) is 31.5. The summed E-state index contributed by atoms with van der Waals surface area (Å²) in [5.74, 6) is -122. The topological polar surface area (TPSA) is 70.5 Å². The summed E-state index contributed by atoms with van der Waals surface area (Å²) in [6, 6.07) is -9.85. The van der Waals surface area contributed by atoms with Crippen LogP contribution in [0, 0.1) is 0 Å². The molecule has 0 aliphatic rings. The average molecular weight is 1130 g/mol. The van der Waals surface area contributed by atoms with Crippen LogP contribution in [0.1, 0.15) is 11.1 Å². The van der Waals surface area contributed by atoms with Crippen LogP contribution in [-0.2, 0) is 5.92 Å². The Labute approximate surface area is 363 Å². The minimum Gasteiger partial charge on any atom is -0.427 e. The lowest BCUT2D eigenvalue weighted by Gasteiger charge is -2.41. The molecule has 2 aromatic rings. The zero-order chi connectivity index (χ0) is 56.9. The van der Waals surface area contributed by atoms with Crippen molar-refractivity contribution in [2.24, 2.45) is 0 Å². The van der Waals surface area contributed by atoms with E-state index in [1.807, 2.05) is 0 Å². The quantitative estimate of drug-likeness (QED) is 0.0886. The number of rotatable bonds is 18. The number of benzene rings is 2. The molecule has 2 aromatic carbocycles. The van der Waals surface area contributed by atoms with E-state index in [-0.39, 0.29) is 36.4 Å². The second-order valence-corrected chi connectivity index (χ2v) is 13.3. The minimum absolute atomic E-state index is 0.221. The third-order valence-electron chi connectivity index (χ3n) is 8.70. The van der Waals surface area contributed by atoms with Crippen LogP contribution >= 0.6 is 0 Å². The number of hydrogen-bond donors (Lipinski definition) is 2. The summed E-state index contributed by atoms with van der Waals surface area (Å²) in [5, 5.41) is 0. The molecule has 0 radical (unpaired) electrons. The van der Waals surface area contributed by atoms with Crippen molar-refractivity contribution >= 4 is 11.4 Å². The summed E-state index contributed by atoms with van der Waals surface area (Å²) in [7, 11) is 0. The van der Waals surface area contributed by atoms with Gasteiger partial charge in [-0.15, -0.1) is 0 Å². The van der Waals surface area contributed by atoms with E-state index in [9.17, 15) is 149 Å². The zero-order valence-corrected chi connectivity index (χ0v) is 31.5. The summed E-state index contributed by atoms with van der Waals surface area (Å²) in [4.78, 5) is 0. The predicted molar refractivity (Wildman–Crippen MR) is 156 cm³/mol. The Morgan fingerprint density at radius 2 is 0.521 bits per heavy atom. The van der Waals surface area contributed by atoms with Crippen LogP contribution in [-0.4, -0.2) is 83.4 Å². The van der Waals surface area contributed by atoms with Gasteiger partial charge in [-0.1, -0.05) is 0 Å². The molecule has 2 rings (SSSR count). The Morgan fingerprint density at radius 1 is 0.310 bits per heavy atom. The first-order chi connectivity index (χ1) is 30.9. The fourth-order valence-corrected chi connectivity index (χ4v) is 4.58. The third-order valence-corrected chi connectivity index (χ3v) is 8.70. The van der Waals surface area contributed by atoms with Crippen molar-refractivity contribution in [3.8, 4) is 11.5 Å². The Kier molecular flexibility index (Phi) is 15.1. The molecule has 0 aliphatic carbocycles. The lowest BCUT2D eigenvalue weighted by Crippen LogP contribution is -2.72. The van der Waals surface area contributed by atoms with Gasteiger partial charge in [-0.05, 0) is 36.4 Å². The van der Waals surface area contributed by atoms with Crippen molar-refractivity contribution < 1.29 is 168 Å². The number of halogens is 36. The van der Waals surface area contributed by atoms with Crippen LogP contribution in [0.25, 0.3) is 0 Å². The van der Waals surface area contributed by atoms with Crippen LogP contribution < -0.4 is 20.9 Å². The van der Waals surface area contributed by atoms with Crippen LogP contribution in [0.3, 0.4) is 0 Å².